The molecule has 1 N–H and O–H groups in total. The summed E-state index contributed by atoms with van der Waals surface area (Å²) in [6.45, 7) is 2.45. The molecule has 29 heavy (non-hydrogen) atoms. The van der Waals surface area contributed by atoms with Crippen molar-refractivity contribution in [2.24, 2.45) is 0 Å². The number of phenols is 1. The smallest absolute Gasteiger partial charge is 0.505 e. The Balaban J connectivity index is 0.000000326. The van der Waals surface area contributed by atoms with Crippen LogP contribution in [-0.2, 0) is 10.1 Å². The molecule has 2 rings (SSSR count). The summed E-state index contributed by atoms with van der Waals surface area (Å²) in [5, 5.41) is 8.74. The first-order valence-electron chi connectivity index (χ1n) is 7.46. The standard InChI is InChI=1S/C9H6F4O4S.C8H7FO2/c1-5(14)6-2-3-8(7(10)4-6)17-18(15,16)9(11,12)13;1-5(10)6-2-3-8(11)7(9)4-6/h2-4H,1H3;2-4,11H,1H3. The number of carbonyl (C=O) groups excluding carboxylic acids is 2. The van der Waals surface area contributed by atoms with Gasteiger partial charge in [-0.25, -0.2) is 8.78 Å². The highest BCUT2D eigenvalue weighted by atomic mass is 32.2. The second-order valence-corrected chi connectivity index (χ2v) is 6.94. The van der Waals surface area contributed by atoms with Gasteiger partial charge in [0.1, 0.15) is 0 Å². The topological polar surface area (TPSA) is 97.7 Å². The zero-order valence-electron chi connectivity index (χ0n) is 14.8. The molecule has 6 nitrogen and oxygen atoms in total. The molecule has 0 spiro atoms. The van der Waals surface area contributed by atoms with E-state index in [9.17, 15) is 40.0 Å². The van der Waals surface area contributed by atoms with E-state index in [2.05, 4.69) is 4.18 Å². The molecule has 12 heteroatoms. The molecule has 0 radical (unpaired) electrons. The van der Waals surface area contributed by atoms with Crippen molar-refractivity contribution in [1.82, 2.24) is 0 Å². The van der Waals surface area contributed by atoms with E-state index in [0.29, 0.717) is 12.1 Å². The minimum atomic E-state index is -5.93. The van der Waals surface area contributed by atoms with Gasteiger partial charge in [0.15, 0.2) is 34.7 Å². The van der Waals surface area contributed by atoms with Gasteiger partial charge in [-0.15, -0.1) is 0 Å². The molecule has 0 heterocycles. The van der Waals surface area contributed by atoms with Crippen LogP contribution in [0, 0.1) is 11.6 Å². The molecule has 2 aromatic rings. The van der Waals surface area contributed by atoms with E-state index in [1.165, 1.54) is 13.0 Å². The molecule has 0 fully saturated rings. The van der Waals surface area contributed by atoms with Crippen LogP contribution in [0.15, 0.2) is 36.4 Å². The molecule has 0 bridgehead atoms. The number of halogens is 5. The minimum Gasteiger partial charge on any atom is -0.505 e. The van der Waals surface area contributed by atoms with E-state index >= 15 is 0 Å². The highest BCUT2D eigenvalue weighted by molar-refractivity contribution is 7.88. The van der Waals surface area contributed by atoms with Gasteiger partial charge in [0, 0.05) is 11.1 Å². The largest absolute Gasteiger partial charge is 0.534 e. The van der Waals surface area contributed by atoms with Crippen molar-refractivity contribution in [1.29, 1.82) is 0 Å². The number of rotatable bonds is 4. The maximum absolute atomic E-state index is 13.2. The van der Waals surface area contributed by atoms with Crippen LogP contribution in [0.3, 0.4) is 0 Å². The fraction of sp³-hybridized carbons (Fsp3) is 0.176. The second kappa shape index (κ2) is 8.99. The molecule has 0 aliphatic rings. The lowest BCUT2D eigenvalue weighted by molar-refractivity contribution is -0.0501. The predicted octanol–water partition coefficient (Wildman–Crippen LogP) is 3.99. The van der Waals surface area contributed by atoms with E-state index in [1.54, 1.807) is 0 Å². The van der Waals surface area contributed by atoms with Crippen molar-refractivity contribution in [2.75, 3.05) is 0 Å². The lowest BCUT2D eigenvalue weighted by Gasteiger charge is -2.10. The Morgan fingerprint density at radius 3 is 1.72 bits per heavy atom. The highest BCUT2D eigenvalue weighted by Gasteiger charge is 2.48. The Morgan fingerprint density at radius 1 is 0.897 bits per heavy atom. The predicted molar refractivity (Wildman–Crippen MR) is 90.1 cm³/mol. The number of phenolic OH excluding ortho intramolecular Hbond substituents is 1. The zero-order valence-corrected chi connectivity index (χ0v) is 15.6. The van der Waals surface area contributed by atoms with Crippen LogP contribution in [0.25, 0.3) is 0 Å². The third kappa shape index (κ3) is 6.52. The normalized spacial score (nSPS) is 11.3. The summed E-state index contributed by atoms with van der Waals surface area (Å²) in [7, 11) is -5.93. The third-order valence-electron chi connectivity index (χ3n) is 3.18. The van der Waals surface area contributed by atoms with E-state index < -0.39 is 44.5 Å². The lowest BCUT2D eigenvalue weighted by atomic mass is 10.1. The first-order valence-corrected chi connectivity index (χ1v) is 8.87. The van der Waals surface area contributed by atoms with Crippen molar-refractivity contribution in [3.63, 3.8) is 0 Å². The number of hydrogen-bond acceptors (Lipinski definition) is 6. The van der Waals surface area contributed by atoms with Crippen LogP contribution >= 0.6 is 0 Å². The number of aromatic hydroxyl groups is 1. The molecular weight excluding hydrogens is 427 g/mol. The van der Waals surface area contributed by atoms with E-state index in [-0.39, 0.29) is 16.9 Å². The van der Waals surface area contributed by atoms with Gasteiger partial charge in [-0.05, 0) is 50.2 Å². The fourth-order valence-corrected chi connectivity index (χ4v) is 2.14. The molecule has 0 saturated carbocycles. The van der Waals surface area contributed by atoms with E-state index in [1.807, 2.05) is 0 Å². The Kier molecular flexibility index (Phi) is 7.44. The zero-order chi connectivity index (χ0) is 22.6. The fourth-order valence-electron chi connectivity index (χ4n) is 1.68. The number of ketones is 2. The molecule has 158 valence electrons. The SMILES string of the molecule is CC(=O)c1ccc(O)c(F)c1.CC(=O)c1ccc(OS(=O)(=O)C(F)(F)F)c(F)c1. The Labute approximate surface area is 161 Å². The monoisotopic (exact) mass is 440 g/mol. The molecule has 0 saturated heterocycles. The van der Waals surface area contributed by atoms with Crippen molar-refractivity contribution in [2.45, 2.75) is 19.4 Å². The number of Topliss-reactive ketones (excluding diaryl/α,β-unsaturated/α-hetero) is 2. The number of benzene rings is 2. The molecule has 0 aliphatic carbocycles. The van der Waals surface area contributed by atoms with Crippen molar-refractivity contribution < 1.29 is 49.2 Å². The minimum absolute atomic E-state index is 0.121. The summed E-state index contributed by atoms with van der Waals surface area (Å²) < 4.78 is 86.5. The van der Waals surface area contributed by atoms with Gasteiger partial charge < -0.3 is 9.29 Å². The summed E-state index contributed by atoms with van der Waals surface area (Å²) >= 11 is 0. The summed E-state index contributed by atoms with van der Waals surface area (Å²) in [6.07, 6.45) is 0. The van der Waals surface area contributed by atoms with E-state index in [4.69, 9.17) is 5.11 Å². The first kappa shape index (κ1) is 24.0. The van der Waals surface area contributed by atoms with Crippen LogP contribution < -0.4 is 4.18 Å². The van der Waals surface area contributed by atoms with Crippen molar-refractivity contribution in [3.05, 3.63) is 59.2 Å². The van der Waals surface area contributed by atoms with Crippen LogP contribution in [-0.4, -0.2) is 30.6 Å². The Morgan fingerprint density at radius 2 is 1.34 bits per heavy atom. The van der Waals surface area contributed by atoms with Crippen LogP contribution in [0.5, 0.6) is 11.5 Å². The summed E-state index contributed by atoms with van der Waals surface area (Å²) in [5.41, 5.74) is -5.51. The average molecular weight is 440 g/mol. The Hall–Kier alpha value is -3.02. The molecular formula is C17H13F5O6S. The Bertz CT molecular complexity index is 1030. The molecule has 0 amide bonds. The van der Waals surface area contributed by atoms with Crippen molar-refractivity contribution >= 4 is 21.7 Å². The van der Waals surface area contributed by atoms with Crippen LogP contribution in [0.1, 0.15) is 34.6 Å². The first-order chi connectivity index (χ1) is 13.2. The molecule has 2 aromatic carbocycles. The highest BCUT2D eigenvalue weighted by Crippen LogP contribution is 2.28. The van der Waals surface area contributed by atoms with Gasteiger partial charge in [0.2, 0.25) is 0 Å². The average Bonchev–Trinajstić information content (AvgIpc) is 2.58. The van der Waals surface area contributed by atoms with Gasteiger partial charge in [-0.3, -0.25) is 9.59 Å². The summed E-state index contributed by atoms with van der Waals surface area (Å²) in [4.78, 5) is 21.5. The van der Waals surface area contributed by atoms with Gasteiger partial charge in [-0.2, -0.15) is 21.6 Å². The third-order valence-corrected chi connectivity index (χ3v) is 4.14. The molecule has 0 unspecified atom stereocenters. The number of carbonyl (C=O) groups is 2. The van der Waals surface area contributed by atoms with Crippen LogP contribution in [0.4, 0.5) is 22.0 Å². The lowest BCUT2D eigenvalue weighted by Crippen LogP contribution is -2.28. The van der Waals surface area contributed by atoms with E-state index in [0.717, 1.165) is 25.1 Å². The van der Waals surface area contributed by atoms with Gasteiger partial charge in [0.05, 0.1) is 0 Å². The van der Waals surface area contributed by atoms with Crippen LogP contribution in [0.2, 0.25) is 0 Å². The quantitative estimate of drug-likeness (QED) is 0.334. The van der Waals surface area contributed by atoms with Gasteiger partial charge in [0.25, 0.3) is 0 Å². The number of hydrogen-bond donors (Lipinski definition) is 1. The van der Waals surface area contributed by atoms with Gasteiger partial charge in [-0.1, -0.05) is 0 Å². The maximum atomic E-state index is 13.2. The number of alkyl halides is 3. The molecule has 0 aromatic heterocycles. The second-order valence-electron chi connectivity index (χ2n) is 5.41. The summed E-state index contributed by atoms with van der Waals surface area (Å²) in [5.74, 6) is -4.46. The summed E-state index contributed by atoms with van der Waals surface area (Å²) in [6, 6.07) is 5.72. The molecule has 0 aliphatic heterocycles. The maximum Gasteiger partial charge on any atom is 0.534 e. The van der Waals surface area contributed by atoms with Gasteiger partial charge >= 0.3 is 15.6 Å². The molecule has 0 atom stereocenters. The van der Waals surface area contributed by atoms with Crippen molar-refractivity contribution in [3.8, 4) is 11.5 Å².